The van der Waals surface area contributed by atoms with Gasteiger partial charge < -0.3 is 13.8 Å². The van der Waals surface area contributed by atoms with Crippen LogP contribution in [0.25, 0.3) is 11.6 Å². The van der Waals surface area contributed by atoms with Gasteiger partial charge in [0, 0.05) is 30.3 Å². The summed E-state index contributed by atoms with van der Waals surface area (Å²) in [7, 11) is 0. The summed E-state index contributed by atoms with van der Waals surface area (Å²) in [5.41, 5.74) is 0.635. The third-order valence-corrected chi connectivity index (χ3v) is 4.43. The first kappa shape index (κ1) is 16.0. The Morgan fingerprint density at radius 2 is 2.12 bits per heavy atom. The Morgan fingerprint density at radius 3 is 2.81 bits per heavy atom. The molecule has 0 unspecified atom stereocenters. The van der Waals surface area contributed by atoms with Gasteiger partial charge in [-0.15, -0.1) is 0 Å². The van der Waals surface area contributed by atoms with Gasteiger partial charge in [-0.2, -0.15) is 4.98 Å². The molecule has 0 spiro atoms. The number of nitro groups is 1. The van der Waals surface area contributed by atoms with Crippen molar-refractivity contribution in [2.45, 2.75) is 12.8 Å². The topological polar surface area (TPSA) is 116 Å². The molecule has 2 aromatic heterocycles. The van der Waals surface area contributed by atoms with Gasteiger partial charge in [-0.05, 0) is 25.1 Å². The Morgan fingerprint density at radius 1 is 1.31 bits per heavy atom. The number of carbonyl (C=O) groups excluding carboxylic acids is 1. The highest BCUT2D eigenvalue weighted by atomic mass is 16.6. The molecule has 4 rings (SSSR count). The first-order valence-corrected chi connectivity index (χ1v) is 7.95. The van der Waals surface area contributed by atoms with Crippen molar-refractivity contribution in [1.82, 2.24) is 15.0 Å². The molecule has 1 fully saturated rings. The van der Waals surface area contributed by atoms with Crippen LogP contribution in [0.2, 0.25) is 0 Å². The van der Waals surface area contributed by atoms with Crippen LogP contribution in [0.1, 0.15) is 27.7 Å². The Bertz CT molecular complexity index is 973. The second-order valence-electron chi connectivity index (χ2n) is 6.05. The van der Waals surface area contributed by atoms with Crippen molar-refractivity contribution < 1.29 is 18.7 Å². The Balaban J connectivity index is 1.46. The largest absolute Gasteiger partial charge is 0.461 e. The summed E-state index contributed by atoms with van der Waals surface area (Å²) in [6.45, 7) is 2.41. The average molecular weight is 354 g/mol. The maximum atomic E-state index is 12.6. The smallest absolute Gasteiger partial charge is 0.273 e. The van der Waals surface area contributed by atoms with Crippen LogP contribution in [0.5, 0.6) is 0 Å². The normalized spacial score (nSPS) is 14.3. The number of carbonyl (C=O) groups is 1. The highest BCUT2D eigenvalue weighted by Crippen LogP contribution is 2.30. The molecule has 0 bridgehead atoms. The third-order valence-electron chi connectivity index (χ3n) is 4.43. The molecule has 1 saturated heterocycles. The number of hydrogen-bond acceptors (Lipinski definition) is 7. The Labute approximate surface area is 147 Å². The number of furan rings is 1. The molecule has 1 aromatic carbocycles. The lowest BCUT2D eigenvalue weighted by atomic mass is 9.97. The van der Waals surface area contributed by atoms with Gasteiger partial charge in [0.05, 0.1) is 17.1 Å². The number of nitro benzene ring substituents is 1. The molecule has 3 aromatic rings. The molecule has 9 heteroatoms. The van der Waals surface area contributed by atoms with Crippen LogP contribution in [-0.4, -0.2) is 39.0 Å². The van der Waals surface area contributed by atoms with Crippen molar-refractivity contribution in [1.29, 1.82) is 0 Å². The van der Waals surface area contributed by atoms with E-state index in [1.54, 1.807) is 30.0 Å². The van der Waals surface area contributed by atoms with Gasteiger partial charge in [-0.1, -0.05) is 11.2 Å². The van der Waals surface area contributed by atoms with Crippen LogP contribution in [0.4, 0.5) is 5.69 Å². The first-order valence-electron chi connectivity index (χ1n) is 7.95. The number of nitrogens with zero attached hydrogens (tertiary/aromatic N) is 4. The first-order chi connectivity index (χ1) is 12.5. The maximum absolute atomic E-state index is 12.6. The Hall–Kier alpha value is -3.49. The summed E-state index contributed by atoms with van der Waals surface area (Å²) >= 11 is 0. The van der Waals surface area contributed by atoms with E-state index in [-0.39, 0.29) is 17.5 Å². The molecule has 0 aliphatic carbocycles. The van der Waals surface area contributed by atoms with Gasteiger partial charge in [-0.3, -0.25) is 14.9 Å². The number of amides is 1. The molecular weight excluding hydrogens is 340 g/mol. The van der Waals surface area contributed by atoms with Crippen LogP contribution in [0.15, 0.2) is 45.5 Å². The molecule has 0 saturated carbocycles. The standard InChI is InChI=1S/C17H14N4O5/c1-10-12(4-2-5-13(10)21(23)24)17(22)20-8-11(9-20)16-18-15(19-26-16)14-6-3-7-25-14/h2-7,11H,8-9H2,1H3. The van der Waals surface area contributed by atoms with Crippen molar-refractivity contribution in [3.8, 4) is 11.6 Å². The minimum absolute atomic E-state index is 0.0610. The van der Waals surface area contributed by atoms with E-state index in [4.69, 9.17) is 8.94 Å². The van der Waals surface area contributed by atoms with E-state index >= 15 is 0 Å². The fraction of sp³-hybridized carbons (Fsp3) is 0.235. The van der Waals surface area contributed by atoms with E-state index in [2.05, 4.69) is 10.1 Å². The van der Waals surface area contributed by atoms with Gasteiger partial charge in [-0.25, -0.2) is 0 Å². The molecule has 0 atom stereocenters. The highest BCUT2D eigenvalue weighted by molar-refractivity contribution is 5.97. The number of likely N-dealkylation sites (tertiary alicyclic amines) is 1. The van der Waals surface area contributed by atoms with Crippen molar-refractivity contribution in [3.05, 3.63) is 63.7 Å². The van der Waals surface area contributed by atoms with Gasteiger partial charge in [0.2, 0.25) is 11.7 Å². The fourth-order valence-electron chi connectivity index (χ4n) is 2.93. The van der Waals surface area contributed by atoms with Gasteiger partial charge in [0.1, 0.15) is 0 Å². The molecule has 9 nitrogen and oxygen atoms in total. The molecule has 1 aliphatic rings. The van der Waals surface area contributed by atoms with Crippen molar-refractivity contribution in [2.75, 3.05) is 13.1 Å². The van der Waals surface area contributed by atoms with Crippen LogP contribution in [0, 0.1) is 17.0 Å². The van der Waals surface area contributed by atoms with Gasteiger partial charge >= 0.3 is 0 Å². The zero-order valence-electron chi connectivity index (χ0n) is 13.8. The van der Waals surface area contributed by atoms with Crippen LogP contribution < -0.4 is 0 Å². The second kappa shape index (κ2) is 6.10. The summed E-state index contributed by atoms with van der Waals surface area (Å²) in [6, 6.07) is 7.97. The molecule has 0 N–H and O–H groups in total. The number of benzene rings is 1. The second-order valence-corrected chi connectivity index (χ2v) is 6.05. The van der Waals surface area contributed by atoms with E-state index in [1.807, 2.05) is 0 Å². The van der Waals surface area contributed by atoms with Crippen molar-refractivity contribution in [3.63, 3.8) is 0 Å². The molecule has 1 aliphatic heterocycles. The summed E-state index contributed by atoms with van der Waals surface area (Å²) < 4.78 is 10.5. The molecule has 1 amide bonds. The number of rotatable bonds is 4. The molecule has 26 heavy (non-hydrogen) atoms. The highest BCUT2D eigenvalue weighted by Gasteiger charge is 2.37. The summed E-state index contributed by atoms with van der Waals surface area (Å²) in [5.74, 6) is 1.02. The zero-order valence-corrected chi connectivity index (χ0v) is 13.8. The lowest BCUT2D eigenvalue weighted by Crippen LogP contribution is -2.48. The Kier molecular flexibility index (Phi) is 3.76. The van der Waals surface area contributed by atoms with E-state index in [9.17, 15) is 14.9 Å². The molecular formula is C17H14N4O5. The molecule has 132 valence electrons. The molecule has 3 heterocycles. The third kappa shape index (κ3) is 2.63. The van der Waals surface area contributed by atoms with E-state index < -0.39 is 4.92 Å². The summed E-state index contributed by atoms with van der Waals surface area (Å²) in [6.07, 6.45) is 1.52. The lowest BCUT2D eigenvalue weighted by molar-refractivity contribution is -0.385. The maximum Gasteiger partial charge on any atom is 0.273 e. The van der Waals surface area contributed by atoms with Gasteiger partial charge in [0.25, 0.3) is 11.6 Å². The average Bonchev–Trinajstić information content (AvgIpc) is 3.24. The summed E-state index contributed by atoms with van der Waals surface area (Å²) in [5, 5.41) is 14.9. The van der Waals surface area contributed by atoms with E-state index in [0.717, 1.165) is 0 Å². The van der Waals surface area contributed by atoms with Gasteiger partial charge in [0.15, 0.2) is 5.76 Å². The van der Waals surface area contributed by atoms with Crippen LogP contribution >= 0.6 is 0 Å². The fourth-order valence-corrected chi connectivity index (χ4v) is 2.93. The quantitative estimate of drug-likeness (QED) is 0.522. The van der Waals surface area contributed by atoms with E-state index in [0.29, 0.717) is 41.7 Å². The number of aromatic nitrogens is 2. The SMILES string of the molecule is Cc1c(C(=O)N2CC(c3nc(-c4ccco4)no3)C2)cccc1[N+](=O)[O-]. The molecule has 0 radical (unpaired) electrons. The number of hydrogen-bond donors (Lipinski definition) is 0. The predicted molar refractivity (Wildman–Crippen MR) is 88.5 cm³/mol. The minimum Gasteiger partial charge on any atom is -0.461 e. The van der Waals surface area contributed by atoms with Crippen LogP contribution in [0.3, 0.4) is 0 Å². The zero-order chi connectivity index (χ0) is 18.3. The van der Waals surface area contributed by atoms with Crippen molar-refractivity contribution >= 4 is 11.6 Å². The van der Waals surface area contributed by atoms with E-state index in [1.165, 1.54) is 18.4 Å². The lowest BCUT2D eigenvalue weighted by Gasteiger charge is -2.37. The summed E-state index contributed by atoms with van der Waals surface area (Å²) in [4.78, 5) is 29.1. The monoisotopic (exact) mass is 354 g/mol. The van der Waals surface area contributed by atoms with Crippen molar-refractivity contribution in [2.24, 2.45) is 0 Å². The predicted octanol–water partition coefficient (Wildman–Crippen LogP) is 2.79. The minimum atomic E-state index is -0.486. The van der Waals surface area contributed by atoms with Crippen LogP contribution in [-0.2, 0) is 0 Å².